The molecule has 1 aliphatic rings. The second kappa shape index (κ2) is 5.15. The van der Waals surface area contributed by atoms with Crippen molar-refractivity contribution in [3.63, 3.8) is 0 Å². The summed E-state index contributed by atoms with van der Waals surface area (Å²) >= 11 is 1.69. The Morgan fingerprint density at radius 3 is 3.15 bits per heavy atom. The number of carboxylic acid groups (broad SMARTS) is 1. The molecule has 0 bridgehead atoms. The van der Waals surface area contributed by atoms with E-state index >= 15 is 0 Å². The zero-order chi connectivity index (χ0) is 9.68. The predicted molar refractivity (Wildman–Crippen MR) is 53.8 cm³/mol. The van der Waals surface area contributed by atoms with Crippen LogP contribution in [0.1, 0.15) is 6.42 Å². The Morgan fingerprint density at radius 2 is 2.54 bits per heavy atom. The maximum Gasteiger partial charge on any atom is 0.321 e. The highest BCUT2D eigenvalue weighted by atomic mass is 32.2. The lowest BCUT2D eigenvalue weighted by atomic mass is 10.2. The molecule has 0 spiro atoms. The molecule has 0 aromatic rings. The molecule has 1 aliphatic heterocycles. The summed E-state index contributed by atoms with van der Waals surface area (Å²) in [5.74, 6) is 3.49. The van der Waals surface area contributed by atoms with Crippen molar-refractivity contribution >= 4 is 17.7 Å². The average Bonchev–Trinajstić information content (AvgIpc) is 2.15. The second-order valence-electron chi connectivity index (χ2n) is 2.92. The van der Waals surface area contributed by atoms with Gasteiger partial charge in [0.05, 0.1) is 0 Å². The summed E-state index contributed by atoms with van der Waals surface area (Å²) in [6, 6.07) is -0.341. The van der Waals surface area contributed by atoms with Gasteiger partial charge in [0.2, 0.25) is 0 Å². The minimum Gasteiger partial charge on any atom is -0.480 e. The van der Waals surface area contributed by atoms with Gasteiger partial charge in [-0.05, 0) is 0 Å². The van der Waals surface area contributed by atoms with E-state index in [0.717, 1.165) is 12.3 Å². The molecule has 0 aromatic heterocycles. The Kier molecular flexibility index (Phi) is 4.13. The van der Waals surface area contributed by atoms with Crippen LogP contribution in [0.2, 0.25) is 0 Å². The van der Waals surface area contributed by atoms with Crippen LogP contribution in [0.15, 0.2) is 0 Å². The van der Waals surface area contributed by atoms with Gasteiger partial charge in [0.1, 0.15) is 6.04 Å². The second-order valence-corrected chi connectivity index (χ2v) is 4.07. The van der Waals surface area contributed by atoms with E-state index in [1.807, 2.05) is 4.90 Å². The lowest BCUT2D eigenvalue weighted by Gasteiger charge is -2.31. The van der Waals surface area contributed by atoms with Gasteiger partial charge < -0.3 is 5.11 Å². The largest absolute Gasteiger partial charge is 0.480 e. The summed E-state index contributed by atoms with van der Waals surface area (Å²) in [5.41, 5.74) is 0. The van der Waals surface area contributed by atoms with Gasteiger partial charge in [-0.2, -0.15) is 11.8 Å². The van der Waals surface area contributed by atoms with Gasteiger partial charge in [0, 0.05) is 31.0 Å². The summed E-state index contributed by atoms with van der Waals surface area (Å²) < 4.78 is 0. The molecule has 4 heteroatoms. The summed E-state index contributed by atoms with van der Waals surface area (Å²) in [4.78, 5) is 12.8. The van der Waals surface area contributed by atoms with Crippen molar-refractivity contribution < 1.29 is 9.90 Å². The van der Waals surface area contributed by atoms with Crippen LogP contribution in [0.3, 0.4) is 0 Å². The standard InChI is InChI=1S/C9H13NO2S/c1-2-3-4-10-5-6-13-7-8(10)9(11)12/h1,8H,3-7H2,(H,11,12). The molecule has 72 valence electrons. The SMILES string of the molecule is C#CCCN1CCSCC1C(=O)O. The highest BCUT2D eigenvalue weighted by Crippen LogP contribution is 2.16. The molecule has 1 N–H and O–H groups in total. The molecule has 1 fully saturated rings. The van der Waals surface area contributed by atoms with Crippen LogP contribution >= 0.6 is 11.8 Å². The molecule has 13 heavy (non-hydrogen) atoms. The predicted octanol–water partition coefficient (Wildman–Crippen LogP) is 0.512. The van der Waals surface area contributed by atoms with Crippen molar-refractivity contribution in [3.05, 3.63) is 0 Å². The van der Waals surface area contributed by atoms with E-state index in [0.29, 0.717) is 18.7 Å². The van der Waals surface area contributed by atoms with E-state index in [1.165, 1.54) is 0 Å². The molecule has 1 rings (SSSR count). The van der Waals surface area contributed by atoms with Crippen molar-refractivity contribution in [2.75, 3.05) is 24.6 Å². The van der Waals surface area contributed by atoms with Crippen LogP contribution in [0.25, 0.3) is 0 Å². The van der Waals surface area contributed by atoms with Gasteiger partial charge in [0.25, 0.3) is 0 Å². The number of hydrogen-bond acceptors (Lipinski definition) is 3. The van der Waals surface area contributed by atoms with Crippen molar-refractivity contribution in [3.8, 4) is 12.3 Å². The van der Waals surface area contributed by atoms with E-state index in [2.05, 4.69) is 5.92 Å². The Morgan fingerprint density at radius 1 is 1.77 bits per heavy atom. The molecule has 0 radical (unpaired) electrons. The summed E-state index contributed by atoms with van der Waals surface area (Å²) in [6.07, 6.45) is 5.77. The first-order chi connectivity index (χ1) is 6.25. The number of carbonyl (C=O) groups is 1. The molecule has 0 saturated carbocycles. The number of hydrogen-bond donors (Lipinski definition) is 1. The zero-order valence-electron chi connectivity index (χ0n) is 7.40. The first kappa shape index (κ1) is 10.4. The van der Waals surface area contributed by atoms with Crippen molar-refractivity contribution in [2.45, 2.75) is 12.5 Å². The van der Waals surface area contributed by atoms with Gasteiger partial charge >= 0.3 is 5.97 Å². The average molecular weight is 199 g/mol. The van der Waals surface area contributed by atoms with Gasteiger partial charge in [-0.15, -0.1) is 12.3 Å². The van der Waals surface area contributed by atoms with Gasteiger partial charge in [-0.25, -0.2) is 0 Å². The van der Waals surface area contributed by atoms with Crippen LogP contribution < -0.4 is 0 Å². The lowest BCUT2D eigenvalue weighted by molar-refractivity contribution is -0.142. The normalized spacial score (nSPS) is 23.8. The van der Waals surface area contributed by atoms with Crippen molar-refractivity contribution in [1.82, 2.24) is 4.90 Å². The van der Waals surface area contributed by atoms with E-state index in [1.54, 1.807) is 11.8 Å². The van der Waals surface area contributed by atoms with E-state index in [4.69, 9.17) is 11.5 Å². The topological polar surface area (TPSA) is 40.5 Å². The molecule has 0 aliphatic carbocycles. The minimum atomic E-state index is -0.732. The fourth-order valence-electron chi connectivity index (χ4n) is 1.34. The number of thioether (sulfide) groups is 1. The summed E-state index contributed by atoms with van der Waals surface area (Å²) in [6.45, 7) is 1.54. The lowest BCUT2D eigenvalue weighted by Crippen LogP contribution is -2.47. The summed E-state index contributed by atoms with van der Waals surface area (Å²) in [7, 11) is 0. The highest BCUT2D eigenvalue weighted by Gasteiger charge is 2.27. The molecule has 1 unspecified atom stereocenters. The summed E-state index contributed by atoms with van der Waals surface area (Å²) in [5, 5.41) is 8.90. The molecule has 1 saturated heterocycles. The van der Waals surface area contributed by atoms with E-state index in [-0.39, 0.29) is 6.04 Å². The van der Waals surface area contributed by atoms with Crippen LogP contribution in [-0.4, -0.2) is 46.6 Å². The molecule has 1 heterocycles. The van der Waals surface area contributed by atoms with Crippen LogP contribution in [0, 0.1) is 12.3 Å². The third-order valence-corrected chi connectivity index (χ3v) is 3.09. The first-order valence-corrected chi connectivity index (χ1v) is 5.39. The highest BCUT2D eigenvalue weighted by molar-refractivity contribution is 7.99. The van der Waals surface area contributed by atoms with Crippen LogP contribution in [-0.2, 0) is 4.79 Å². The molecule has 1 atom stereocenters. The van der Waals surface area contributed by atoms with E-state index in [9.17, 15) is 4.79 Å². The Balaban J connectivity index is 2.47. The number of carboxylic acids is 1. The van der Waals surface area contributed by atoms with Gasteiger partial charge in [0.15, 0.2) is 0 Å². The third-order valence-electron chi connectivity index (χ3n) is 2.07. The third kappa shape index (κ3) is 2.94. The Bertz CT molecular complexity index is 224. The van der Waals surface area contributed by atoms with Gasteiger partial charge in [-0.3, -0.25) is 9.69 Å². The molecule has 0 amide bonds. The molecular weight excluding hydrogens is 186 g/mol. The van der Waals surface area contributed by atoms with Gasteiger partial charge in [-0.1, -0.05) is 0 Å². The maximum atomic E-state index is 10.8. The fraction of sp³-hybridized carbons (Fsp3) is 0.667. The first-order valence-electron chi connectivity index (χ1n) is 4.23. The molecular formula is C9H13NO2S. The number of aliphatic carboxylic acids is 1. The number of rotatable bonds is 3. The number of terminal acetylenes is 1. The maximum absolute atomic E-state index is 10.8. The minimum absolute atomic E-state index is 0.341. The molecule has 0 aromatic carbocycles. The fourth-order valence-corrected chi connectivity index (χ4v) is 2.45. The molecule has 3 nitrogen and oxygen atoms in total. The van der Waals surface area contributed by atoms with E-state index < -0.39 is 5.97 Å². The number of nitrogens with zero attached hydrogens (tertiary/aromatic N) is 1. The Labute approximate surface area is 82.5 Å². The van der Waals surface area contributed by atoms with Crippen molar-refractivity contribution in [2.24, 2.45) is 0 Å². The Hall–Kier alpha value is -0.660. The monoisotopic (exact) mass is 199 g/mol. The van der Waals surface area contributed by atoms with Crippen molar-refractivity contribution in [1.29, 1.82) is 0 Å². The quantitative estimate of drug-likeness (QED) is 0.672. The smallest absolute Gasteiger partial charge is 0.321 e. The van der Waals surface area contributed by atoms with Crippen LogP contribution in [0.4, 0.5) is 0 Å². The van der Waals surface area contributed by atoms with Crippen LogP contribution in [0.5, 0.6) is 0 Å². The zero-order valence-corrected chi connectivity index (χ0v) is 8.22.